The lowest BCUT2D eigenvalue weighted by molar-refractivity contribution is -0.417. The molecule has 0 radical (unpaired) electrons. The van der Waals surface area contributed by atoms with E-state index in [0.717, 1.165) is 0 Å². The average molecular weight is 276 g/mol. The van der Waals surface area contributed by atoms with Crippen LogP contribution in [0.4, 0.5) is 0 Å². The Balaban J connectivity index is 2.21. The highest BCUT2D eigenvalue weighted by atomic mass is 16.7. The Morgan fingerprint density at radius 2 is 1.68 bits per heavy atom. The molecule has 0 aromatic rings. The van der Waals surface area contributed by atoms with Crippen LogP contribution in [0.15, 0.2) is 0 Å². The van der Waals surface area contributed by atoms with E-state index in [-0.39, 0.29) is 19.3 Å². The second-order valence-electron chi connectivity index (χ2n) is 6.05. The van der Waals surface area contributed by atoms with Crippen molar-refractivity contribution in [2.45, 2.75) is 51.5 Å². The summed E-state index contributed by atoms with van der Waals surface area (Å²) in [6.45, 7) is 7.95. The van der Waals surface area contributed by atoms with E-state index in [2.05, 4.69) is 0 Å². The number of rotatable bonds is 2. The lowest BCUT2D eigenvalue weighted by Crippen LogP contribution is -2.69. The molecule has 2 aliphatic rings. The highest BCUT2D eigenvalue weighted by Gasteiger charge is 2.60. The van der Waals surface area contributed by atoms with E-state index in [9.17, 15) is 5.11 Å². The quantitative estimate of drug-likeness (QED) is 0.753. The summed E-state index contributed by atoms with van der Waals surface area (Å²) >= 11 is 0. The molecule has 2 heterocycles. The van der Waals surface area contributed by atoms with Crippen molar-refractivity contribution in [1.82, 2.24) is 0 Å². The molecule has 0 amide bonds. The van der Waals surface area contributed by atoms with E-state index in [0.29, 0.717) is 13.2 Å². The van der Waals surface area contributed by atoms with Gasteiger partial charge in [-0.1, -0.05) is 0 Å². The van der Waals surface area contributed by atoms with Crippen molar-refractivity contribution in [3.8, 4) is 0 Å². The third-order valence-corrected chi connectivity index (χ3v) is 4.36. The Morgan fingerprint density at radius 1 is 1.11 bits per heavy atom. The van der Waals surface area contributed by atoms with Crippen LogP contribution in [0.25, 0.3) is 0 Å². The molecule has 112 valence electrons. The lowest BCUT2D eigenvalue weighted by Gasteiger charge is -2.59. The van der Waals surface area contributed by atoms with Crippen LogP contribution in [0.2, 0.25) is 0 Å². The minimum absolute atomic E-state index is 0.166. The van der Waals surface area contributed by atoms with E-state index in [4.69, 9.17) is 24.1 Å². The number of hydrogen-bond donors (Lipinski definition) is 2. The van der Waals surface area contributed by atoms with Crippen molar-refractivity contribution in [3.05, 3.63) is 0 Å². The predicted octanol–water partition coefficient (Wildman–Crippen LogP) is 0.260. The lowest BCUT2D eigenvalue weighted by atomic mass is 9.69. The van der Waals surface area contributed by atoms with Gasteiger partial charge >= 0.3 is 0 Å². The molecule has 2 rings (SSSR count). The molecule has 0 aromatic heterocycles. The molecule has 19 heavy (non-hydrogen) atoms. The molecular weight excluding hydrogens is 252 g/mol. The van der Waals surface area contributed by atoms with Crippen molar-refractivity contribution in [2.75, 3.05) is 26.4 Å². The van der Waals surface area contributed by atoms with Crippen LogP contribution in [0, 0.1) is 5.41 Å². The maximum absolute atomic E-state index is 9.42. The standard InChI is InChI=1S/C13H24O6/c1-9-13(7-16-10(5-14)17-8-13)11(2,3)19-12(4,6-15)18-9/h9-10,14-15H,5-8H2,1-4H3. The SMILES string of the molecule is CC1OC(C)(CO)OC(C)(C)C12COC(CO)OC2. The molecule has 2 N–H and O–H groups in total. The zero-order chi connectivity index (χ0) is 14.3. The van der Waals surface area contributed by atoms with Gasteiger partial charge in [0.1, 0.15) is 0 Å². The molecule has 2 aliphatic heterocycles. The van der Waals surface area contributed by atoms with Crippen LogP contribution in [0.3, 0.4) is 0 Å². The van der Waals surface area contributed by atoms with Gasteiger partial charge in [0.2, 0.25) is 0 Å². The van der Waals surface area contributed by atoms with E-state index >= 15 is 0 Å². The van der Waals surface area contributed by atoms with Gasteiger partial charge in [0.25, 0.3) is 0 Å². The van der Waals surface area contributed by atoms with Crippen LogP contribution in [-0.2, 0) is 18.9 Å². The molecule has 0 bridgehead atoms. The summed E-state index contributed by atoms with van der Waals surface area (Å²) in [6, 6.07) is 0. The largest absolute Gasteiger partial charge is 0.391 e. The van der Waals surface area contributed by atoms with Crippen molar-refractivity contribution >= 4 is 0 Å². The Labute approximate surface area is 113 Å². The maximum atomic E-state index is 9.42. The zero-order valence-electron chi connectivity index (χ0n) is 12.0. The van der Waals surface area contributed by atoms with Crippen LogP contribution in [-0.4, -0.2) is 60.4 Å². The first kappa shape index (κ1) is 15.2. The Morgan fingerprint density at radius 3 is 2.11 bits per heavy atom. The van der Waals surface area contributed by atoms with Gasteiger partial charge in [0.15, 0.2) is 12.1 Å². The second-order valence-corrected chi connectivity index (χ2v) is 6.05. The summed E-state index contributed by atoms with van der Waals surface area (Å²) in [4.78, 5) is 0. The highest BCUT2D eigenvalue weighted by Crippen LogP contribution is 2.49. The van der Waals surface area contributed by atoms with Crippen molar-refractivity contribution in [3.63, 3.8) is 0 Å². The number of aliphatic hydroxyl groups excluding tert-OH is 2. The van der Waals surface area contributed by atoms with Gasteiger partial charge in [-0.2, -0.15) is 0 Å². The smallest absolute Gasteiger partial charge is 0.189 e. The van der Waals surface area contributed by atoms with Gasteiger partial charge in [0, 0.05) is 0 Å². The molecule has 0 saturated carbocycles. The van der Waals surface area contributed by atoms with E-state index in [1.165, 1.54) is 0 Å². The predicted molar refractivity (Wildman–Crippen MR) is 66.4 cm³/mol. The monoisotopic (exact) mass is 276 g/mol. The van der Waals surface area contributed by atoms with Crippen LogP contribution >= 0.6 is 0 Å². The van der Waals surface area contributed by atoms with Crippen LogP contribution in [0.5, 0.6) is 0 Å². The zero-order valence-corrected chi connectivity index (χ0v) is 12.0. The molecule has 2 fully saturated rings. The summed E-state index contributed by atoms with van der Waals surface area (Å²) in [5.74, 6) is -1.01. The minimum Gasteiger partial charge on any atom is -0.391 e. The first-order chi connectivity index (χ1) is 8.78. The molecule has 2 unspecified atom stereocenters. The molecule has 6 heteroatoms. The maximum Gasteiger partial charge on any atom is 0.189 e. The van der Waals surface area contributed by atoms with E-state index < -0.39 is 23.1 Å². The van der Waals surface area contributed by atoms with Gasteiger partial charge in [-0.05, 0) is 27.7 Å². The normalized spacial score (nSPS) is 46.4. The second kappa shape index (κ2) is 4.95. The Bertz CT molecular complexity index is 323. The fourth-order valence-corrected chi connectivity index (χ4v) is 2.97. The van der Waals surface area contributed by atoms with Gasteiger partial charge < -0.3 is 29.2 Å². The van der Waals surface area contributed by atoms with E-state index in [1.807, 2.05) is 20.8 Å². The molecule has 0 aliphatic carbocycles. The summed E-state index contributed by atoms with van der Waals surface area (Å²) < 4.78 is 22.8. The fourth-order valence-electron chi connectivity index (χ4n) is 2.97. The first-order valence-corrected chi connectivity index (χ1v) is 6.61. The van der Waals surface area contributed by atoms with Crippen LogP contribution in [0.1, 0.15) is 27.7 Å². The van der Waals surface area contributed by atoms with E-state index in [1.54, 1.807) is 6.92 Å². The van der Waals surface area contributed by atoms with Crippen molar-refractivity contribution in [1.29, 1.82) is 0 Å². The number of hydrogen-bond acceptors (Lipinski definition) is 6. The summed E-state index contributed by atoms with van der Waals surface area (Å²) in [5, 5.41) is 18.5. The Hall–Kier alpha value is -0.240. The first-order valence-electron chi connectivity index (χ1n) is 6.61. The minimum atomic E-state index is -1.01. The topological polar surface area (TPSA) is 77.4 Å². The molecule has 1 spiro atoms. The Kier molecular flexibility index (Phi) is 3.94. The van der Waals surface area contributed by atoms with Crippen molar-refractivity contribution < 1.29 is 29.2 Å². The molecule has 6 nitrogen and oxygen atoms in total. The highest BCUT2D eigenvalue weighted by molar-refractivity contribution is 5.04. The fraction of sp³-hybridized carbons (Fsp3) is 1.00. The molecule has 2 atom stereocenters. The third-order valence-electron chi connectivity index (χ3n) is 4.36. The number of aliphatic hydroxyl groups is 2. The third kappa shape index (κ3) is 2.41. The summed E-state index contributed by atoms with van der Waals surface area (Å²) in [7, 11) is 0. The van der Waals surface area contributed by atoms with Gasteiger partial charge in [-0.3, -0.25) is 0 Å². The van der Waals surface area contributed by atoms with Gasteiger partial charge in [-0.25, -0.2) is 0 Å². The average Bonchev–Trinajstić information content (AvgIpc) is 2.36. The number of ether oxygens (including phenoxy) is 4. The van der Waals surface area contributed by atoms with Gasteiger partial charge in [0.05, 0.1) is 43.5 Å². The molecule has 2 saturated heterocycles. The van der Waals surface area contributed by atoms with Crippen LogP contribution < -0.4 is 0 Å². The summed E-state index contributed by atoms with van der Waals surface area (Å²) in [6.07, 6.45) is -0.784. The molecule has 0 aromatic carbocycles. The summed E-state index contributed by atoms with van der Waals surface area (Å²) in [5.41, 5.74) is -1.05. The molecular formula is C13H24O6. The van der Waals surface area contributed by atoms with Gasteiger partial charge in [-0.15, -0.1) is 0 Å². The van der Waals surface area contributed by atoms with Crippen molar-refractivity contribution in [2.24, 2.45) is 5.41 Å².